The molecule has 3 aromatic rings. The number of hydrogen-bond donors (Lipinski definition) is 1. The number of hydrogen-bond acceptors (Lipinski definition) is 4. The molecular weight excluding hydrogens is 486 g/mol. The van der Waals surface area contributed by atoms with Crippen molar-refractivity contribution in [3.8, 4) is 5.75 Å². The molecule has 1 fully saturated rings. The molecule has 6 nitrogen and oxygen atoms in total. The maximum absolute atomic E-state index is 12.8. The van der Waals surface area contributed by atoms with E-state index < -0.39 is 0 Å². The third-order valence-corrected chi connectivity index (χ3v) is 6.52. The van der Waals surface area contributed by atoms with Crippen molar-refractivity contribution in [2.75, 3.05) is 43.0 Å². The fraction of sp³-hybridized carbons (Fsp3) is 0.267. The Bertz CT molecular complexity index is 1240. The Morgan fingerprint density at radius 1 is 0.973 bits per heavy atom. The molecular formula is C30H32ClN3O3. The lowest BCUT2D eigenvalue weighted by molar-refractivity contribution is -0.126. The summed E-state index contributed by atoms with van der Waals surface area (Å²) in [6, 6.07) is 22.5. The summed E-state index contributed by atoms with van der Waals surface area (Å²) in [5.41, 5.74) is 3.03. The van der Waals surface area contributed by atoms with Gasteiger partial charge in [0, 0.05) is 43.5 Å². The molecule has 192 valence electrons. The second-order valence-electron chi connectivity index (χ2n) is 8.91. The van der Waals surface area contributed by atoms with Crippen molar-refractivity contribution in [2.24, 2.45) is 0 Å². The van der Waals surface area contributed by atoms with Crippen LogP contribution in [0, 0.1) is 0 Å². The highest BCUT2D eigenvalue weighted by molar-refractivity contribution is 6.33. The van der Waals surface area contributed by atoms with E-state index in [0.717, 1.165) is 24.1 Å². The molecule has 0 bridgehead atoms. The number of halogens is 1. The third kappa shape index (κ3) is 7.37. The summed E-state index contributed by atoms with van der Waals surface area (Å²) in [5.74, 6) is 0.468. The van der Waals surface area contributed by atoms with Crippen LogP contribution in [-0.2, 0) is 4.79 Å². The second kappa shape index (κ2) is 13.0. The summed E-state index contributed by atoms with van der Waals surface area (Å²) in [6.45, 7) is 5.33. The Morgan fingerprint density at radius 3 is 2.49 bits per heavy atom. The molecule has 1 aliphatic heterocycles. The van der Waals surface area contributed by atoms with Gasteiger partial charge in [-0.25, -0.2) is 0 Å². The standard InChI is InChI=1S/C30H32ClN3O3/c1-2-3-20-37-26-11-7-10-24(21-26)30(36)32-25-13-14-28(27(31)22-25)33-16-18-34(19-17-33)29(35)15-12-23-8-5-4-6-9-23/h4-15,21-22H,2-3,16-20H2,1H3,(H,32,36)/b15-12+. The van der Waals surface area contributed by atoms with E-state index in [4.69, 9.17) is 16.3 Å². The summed E-state index contributed by atoms with van der Waals surface area (Å²) in [5, 5.41) is 3.47. The number of amides is 2. The number of nitrogens with zero attached hydrogens (tertiary/aromatic N) is 2. The minimum Gasteiger partial charge on any atom is -0.494 e. The summed E-state index contributed by atoms with van der Waals surface area (Å²) in [4.78, 5) is 29.4. The highest BCUT2D eigenvalue weighted by Crippen LogP contribution is 2.30. The van der Waals surface area contributed by atoms with E-state index in [-0.39, 0.29) is 11.8 Å². The molecule has 0 saturated carbocycles. The van der Waals surface area contributed by atoms with E-state index in [1.807, 2.05) is 65.6 Å². The fourth-order valence-corrected chi connectivity index (χ4v) is 4.41. The summed E-state index contributed by atoms with van der Waals surface area (Å²) in [6.07, 6.45) is 5.49. The number of carbonyl (C=O) groups is 2. The first-order valence-electron chi connectivity index (χ1n) is 12.6. The van der Waals surface area contributed by atoms with Crippen LogP contribution in [-0.4, -0.2) is 49.5 Å². The number of unbranched alkanes of at least 4 members (excludes halogenated alkanes) is 1. The van der Waals surface area contributed by atoms with Crippen molar-refractivity contribution < 1.29 is 14.3 Å². The second-order valence-corrected chi connectivity index (χ2v) is 9.31. The smallest absolute Gasteiger partial charge is 0.255 e. The minimum atomic E-state index is -0.222. The molecule has 0 unspecified atom stereocenters. The van der Waals surface area contributed by atoms with Gasteiger partial charge in [0.15, 0.2) is 0 Å². The van der Waals surface area contributed by atoms with Crippen LogP contribution < -0.4 is 15.0 Å². The number of carbonyl (C=O) groups excluding carboxylic acids is 2. The van der Waals surface area contributed by atoms with Crippen LogP contribution in [0.2, 0.25) is 5.02 Å². The van der Waals surface area contributed by atoms with Crippen molar-refractivity contribution in [2.45, 2.75) is 19.8 Å². The number of benzene rings is 3. The zero-order valence-corrected chi connectivity index (χ0v) is 21.8. The number of rotatable bonds is 9. The number of piperazine rings is 1. The predicted molar refractivity (Wildman–Crippen MR) is 151 cm³/mol. The topological polar surface area (TPSA) is 61.9 Å². The van der Waals surface area contributed by atoms with E-state index >= 15 is 0 Å². The van der Waals surface area contributed by atoms with Crippen LogP contribution in [0.4, 0.5) is 11.4 Å². The molecule has 0 aromatic heterocycles. The molecule has 1 saturated heterocycles. The molecule has 7 heteroatoms. The first kappa shape index (κ1) is 26.3. The van der Waals surface area contributed by atoms with Crippen molar-refractivity contribution in [1.29, 1.82) is 0 Å². The van der Waals surface area contributed by atoms with Gasteiger partial charge in [-0.15, -0.1) is 0 Å². The van der Waals surface area contributed by atoms with Crippen LogP contribution in [0.3, 0.4) is 0 Å². The lowest BCUT2D eigenvalue weighted by atomic mass is 10.2. The first-order valence-corrected chi connectivity index (χ1v) is 13.0. The van der Waals surface area contributed by atoms with E-state index in [9.17, 15) is 9.59 Å². The van der Waals surface area contributed by atoms with Gasteiger partial charge < -0.3 is 19.9 Å². The average molecular weight is 518 g/mol. The first-order chi connectivity index (χ1) is 18.0. The Kier molecular flexibility index (Phi) is 9.22. The van der Waals surface area contributed by atoms with E-state index in [0.29, 0.717) is 54.8 Å². The third-order valence-electron chi connectivity index (χ3n) is 6.22. The maximum Gasteiger partial charge on any atom is 0.255 e. The largest absolute Gasteiger partial charge is 0.494 e. The zero-order valence-electron chi connectivity index (χ0n) is 21.0. The van der Waals surface area contributed by atoms with Crippen molar-refractivity contribution in [3.05, 3.63) is 95.0 Å². The number of anilines is 2. The van der Waals surface area contributed by atoms with Crippen LogP contribution in [0.5, 0.6) is 5.75 Å². The molecule has 2 amide bonds. The van der Waals surface area contributed by atoms with Crippen molar-refractivity contribution in [1.82, 2.24) is 4.90 Å². The van der Waals surface area contributed by atoms with Crippen molar-refractivity contribution in [3.63, 3.8) is 0 Å². The van der Waals surface area contributed by atoms with Gasteiger partial charge in [-0.1, -0.05) is 61.3 Å². The van der Waals surface area contributed by atoms with Crippen LogP contribution >= 0.6 is 11.6 Å². The van der Waals surface area contributed by atoms with E-state index in [1.54, 1.807) is 24.3 Å². The molecule has 0 radical (unpaired) electrons. The quantitative estimate of drug-likeness (QED) is 0.274. The van der Waals surface area contributed by atoms with Gasteiger partial charge in [0.25, 0.3) is 5.91 Å². The van der Waals surface area contributed by atoms with Crippen molar-refractivity contribution >= 4 is 40.9 Å². The summed E-state index contributed by atoms with van der Waals surface area (Å²) >= 11 is 6.60. The maximum atomic E-state index is 12.8. The van der Waals surface area contributed by atoms with Crippen LogP contribution in [0.1, 0.15) is 35.7 Å². The van der Waals surface area contributed by atoms with Gasteiger partial charge in [0.2, 0.25) is 5.91 Å². The number of ether oxygens (including phenoxy) is 1. The van der Waals surface area contributed by atoms with Gasteiger partial charge >= 0.3 is 0 Å². The molecule has 1 aliphatic rings. The molecule has 0 spiro atoms. The van der Waals surface area contributed by atoms with Crippen LogP contribution in [0.25, 0.3) is 6.08 Å². The molecule has 1 N–H and O–H groups in total. The Balaban J connectivity index is 1.31. The molecule has 37 heavy (non-hydrogen) atoms. The van der Waals surface area contributed by atoms with E-state index in [2.05, 4.69) is 17.1 Å². The van der Waals surface area contributed by atoms with Gasteiger partial charge in [0.1, 0.15) is 5.75 Å². The molecule has 4 rings (SSSR count). The van der Waals surface area contributed by atoms with Gasteiger partial charge in [-0.05, 0) is 54.5 Å². The minimum absolute atomic E-state index is 0.00694. The average Bonchev–Trinajstić information content (AvgIpc) is 2.93. The highest BCUT2D eigenvalue weighted by Gasteiger charge is 2.21. The SMILES string of the molecule is CCCCOc1cccc(C(=O)Nc2ccc(N3CCN(C(=O)/C=C/c4ccccc4)CC3)c(Cl)c2)c1. The number of nitrogens with one attached hydrogen (secondary N) is 1. The summed E-state index contributed by atoms with van der Waals surface area (Å²) in [7, 11) is 0. The Hall–Kier alpha value is -3.77. The van der Waals surface area contributed by atoms with E-state index in [1.165, 1.54) is 0 Å². The molecule has 3 aromatic carbocycles. The Labute approximate surface area is 223 Å². The lowest BCUT2D eigenvalue weighted by Crippen LogP contribution is -2.48. The Morgan fingerprint density at radius 2 is 1.76 bits per heavy atom. The predicted octanol–water partition coefficient (Wildman–Crippen LogP) is 6.13. The van der Waals surface area contributed by atoms with Gasteiger partial charge in [-0.3, -0.25) is 9.59 Å². The molecule has 0 atom stereocenters. The fourth-order valence-electron chi connectivity index (χ4n) is 4.11. The monoisotopic (exact) mass is 517 g/mol. The van der Waals surface area contributed by atoms with Gasteiger partial charge in [0.05, 0.1) is 17.3 Å². The lowest BCUT2D eigenvalue weighted by Gasteiger charge is -2.36. The summed E-state index contributed by atoms with van der Waals surface area (Å²) < 4.78 is 5.71. The zero-order chi connectivity index (χ0) is 26.0. The normalized spacial score (nSPS) is 13.6. The highest BCUT2D eigenvalue weighted by atomic mass is 35.5. The molecule has 1 heterocycles. The van der Waals surface area contributed by atoms with Crippen LogP contribution in [0.15, 0.2) is 78.9 Å². The molecule has 0 aliphatic carbocycles. The van der Waals surface area contributed by atoms with Gasteiger partial charge in [-0.2, -0.15) is 0 Å².